The van der Waals surface area contributed by atoms with Crippen LogP contribution in [0.1, 0.15) is 32.4 Å². The molecule has 7 nitrogen and oxygen atoms in total. The Kier molecular flexibility index (Phi) is 4.95. The van der Waals surface area contributed by atoms with E-state index in [9.17, 15) is 0 Å². The third kappa shape index (κ3) is 3.21. The topological polar surface area (TPSA) is 66.7 Å². The van der Waals surface area contributed by atoms with E-state index in [4.69, 9.17) is 4.74 Å². The van der Waals surface area contributed by atoms with Gasteiger partial charge in [0.1, 0.15) is 0 Å². The number of nitrogens with one attached hydrogen (secondary N) is 2. The van der Waals surface area contributed by atoms with Crippen LogP contribution in [-0.2, 0) is 18.3 Å². The average Bonchev–Trinajstić information content (AvgIpc) is 2.96. The molecule has 0 amide bonds. The fourth-order valence-corrected chi connectivity index (χ4v) is 4.35. The minimum absolute atomic E-state index is 0.132. The van der Waals surface area contributed by atoms with E-state index in [1.54, 1.807) is 0 Å². The molecule has 2 aliphatic rings. The molecular weight excluding hydrogens is 316 g/mol. The fraction of sp³-hybridized carbons (Fsp3) is 0.778. The minimum Gasteiger partial charge on any atom is -0.377 e. The molecule has 1 aliphatic heterocycles. The Balaban J connectivity index is 1.60. The van der Waals surface area contributed by atoms with Crippen LogP contribution in [-0.4, -0.2) is 55.4 Å². The molecule has 3 rings (SSSR count). The molecule has 0 bridgehead atoms. The summed E-state index contributed by atoms with van der Waals surface area (Å²) in [6.07, 6.45) is 4.67. The van der Waals surface area contributed by atoms with E-state index in [0.29, 0.717) is 24.6 Å². The summed E-state index contributed by atoms with van der Waals surface area (Å²) < 4.78 is 8.09. The molecule has 0 spiro atoms. The first-order chi connectivity index (χ1) is 11.9. The second-order valence-electron chi connectivity index (χ2n) is 7.97. The number of hydrogen-bond donors (Lipinski definition) is 2. The highest BCUT2D eigenvalue weighted by molar-refractivity contribution is 5.80. The van der Waals surface area contributed by atoms with Gasteiger partial charge in [0, 0.05) is 52.2 Å². The number of ether oxygens (including phenoxy) is 1. The SMILES string of the molecule is CN=C(NCc1cnc(N(C)C)n1C)NC1C2CCCOC2C1(C)C. The summed E-state index contributed by atoms with van der Waals surface area (Å²) in [5, 5.41) is 7.06. The summed E-state index contributed by atoms with van der Waals surface area (Å²) in [7, 11) is 7.86. The first-order valence-electron chi connectivity index (χ1n) is 9.13. The van der Waals surface area contributed by atoms with Crippen LogP contribution in [0, 0.1) is 11.3 Å². The van der Waals surface area contributed by atoms with Gasteiger partial charge in [0.25, 0.3) is 0 Å². The number of rotatable bonds is 4. The predicted molar refractivity (Wildman–Crippen MR) is 101 cm³/mol. The number of guanidine groups is 1. The van der Waals surface area contributed by atoms with E-state index in [0.717, 1.165) is 30.6 Å². The number of hydrogen-bond acceptors (Lipinski definition) is 4. The molecule has 0 aromatic carbocycles. The van der Waals surface area contributed by atoms with Crippen LogP contribution in [0.4, 0.5) is 5.95 Å². The van der Waals surface area contributed by atoms with Crippen molar-refractivity contribution in [1.29, 1.82) is 0 Å². The van der Waals surface area contributed by atoms with E-state index in [-0.39, 0.29) is 5.41 Å². The number of nitrogens with zero attached hydrogens (tertiary/aromatic N) is 4. The molecule has 2 N–H and O–H groups in total. The van der Waals surface area contributed by atoms with Crippen LogP contribution >= 0.6 is 0 Å². The van der Waals surface area contributed by atoms with Gasteiger partial charge in [-0.2, -0.15) is 0 Å². The van der Waals surface area contributed by atoms with Crippen molar-refractivity contribution in [3.63, 3.8) is 0 Å². The first kappa shape index (κ1) is 18.0. The van der Waals surface area contributed by atoms with Gasteiger partial charge in [-0.25, -0.2) is 4.98 Å². The molecule has 7 heteroatoms. The van der Waals surface area contributed by atoms with Crippen LogP contribution in [0.2, 0.25) is 0 Å². The van der Waals surface area contributed by atoms with Gasteiger partial charge in [-0.05, 0) is 12.8 Å². The molecule has 2 heterocycles. The number of anilines is 1. The van der Waals surface area contributed by atoms with E-state index in [1.165, 1.54) is 6.42 Å². The van der Waals surface area contributed by atoms with Crippen LogP contribution in [0.25, 0.3) is 0 Å². The predicted octanol–water partition coefficient (Wildman–Crippen LogP) is 1.35. The molecule has 1 saturated carbocycles. The molecule has 1 aromatic rings. The summed E-state index contributed by atoms with van der Waals surface area (Å²) >= 11 is 0. The zero-order valence-corrected chi connectivity index (χ0v) is 16.3. The average molecular weight is 348 g/mol. The van der Waals surface area contributed by atoms with Crippen LogP contribution in [0.5, 0.6) is 0 Å². The highest BCUT2D eigenvalue weighted by atomic mass is 16.5. The molecule has 3 atom stereocenters. The van der Waals surface area contributed by atoms with Crippen molar-refractivity contribution in [3.05, 3.63) is 11.9 Å². The van der Waals surface area contributed by atoms with Crippen molar-refractivity contribution in [3.8, 4) is 0 Å². The quantitative estimate of drug-likeness (QED) is 0.635. The lowest BCUT2D eigenvalue weighted by atomic mass is 9.55. The standard InChI is InChI=1S/C18H32N6O/c1-18(2)14(13-8-7-9-25-15(13)18)22-16(19-3)20-10-12-11-21-17(23(4)5)24(12)6/h11,13-15H,7-10H2,1-6H3,(H2,19,20,22). The van der Waals surface area contributed by atoms with Crippen LogP contribution < -0.4 is 15.5 Å². The Bertz CT molecular complexity index is 636. The summed E-state index contributed by atoms with van der Waals surface area (Å²) in [6, 6.07) is 0.396. The molecular formula is C18H32N6O. The van der Waals surface area contributed by atoms with Gasteiger partial charge in [0.15, 0.2) is 5.96 Å². The maximum absolute atomic E-state index is 5.99. The molecule has 1 saturated heterocycles. The zero-order valence-electron chi connectivity index (χ0n) is 16.3. The largest absolute Gasteiger partial charge is 0.377 e. The number of aliphatic imine (C=N–C) groups is 1. The molecule has 1 aromatic heterocycles. The van der Waals surface area contributed by atoms with E-state index in [2.05, 4.69) is 39.0 Å². The Morgan fingerprint density at radius 3 is 2.88 bits per heavy atom. The fourth-order valence-electron chi connectivity index (χ4n) is 4.35. The normalized spacial score (nSPS) is 28.1. The Morgan fingerprint density at radius 2 is 2.24 bits per heavy atom. The smallest absolute Gasteiger partial charge is 0.204 e. The first-order valence-corrected chi connectivity index (χ1v) is 9.13. The highest BCUT2D eigenvalue weighted by Crippen LogP contribution is 2.51. The summed E-state index contributed by atoms with van der Waals surface area (Å²) in [6.45, 7) is 6.16. The molecule has 3 unspecified atom stereocenters. The van der Waals surface area contributed by atoms with Crippen molar-refractivity contribution in [2.24, 2.45) is 23.4 Å². The number of imidazole rings is 1. The van der Waals surface area contributed by atoms with Gasteiger partial charge in [0.05, 0.1) is 24.5 Å². The van der Waals surface area contributed by atoms with Crippen molar-refractivity contribution >= 4 is 11.9 Å². The van der Waals surface area contributed by atoms with Crippen LogP contribution in [0.15, 0.2) is 11.2 Å². The van der Waals surface area contributed by atoms with Gasteiger partial charge in [-0.1, -0.05) is 13.8 Å². The van der Waals surface area contributed by atoms with Crippen molar-refractivity contribution < 1.29 is 4.74 Å². The van der Waals surface area contributed by atoms with Crippen molar-refractivity contribution in [2.75, 3.05) is 32.6 Å². The van der Waals surface area contributed by atoms with Gasteiger partial charge in [0.2, 0.25) is 5.95 Å². The molecule has 2 fully saturated rings. The van der Waals surface area contributed by atoms with Gasteiger partial charge >= 0.3 is 0 Å². The van der Waals surface area contributed by atoms with Crippen molar-refractivity contribution in [1.82, 2.24) is 20.2 Å². The zero-order chi connectivity index (χ0) is 18.2. The minimum atomic E-state index is 0.132. The maximum Gasteiger partial charge on any atom is 0.204 e. The summed E-state index contributed by atoms with van der Waals surface area (Å²) in [5.41, 5.74) is 1.26. The van der Waals surface area contributed by atoms with E-state index < -0.39 is 0 Å². The maximum atomic E-state index is 5.99. The Hall–Kier alpha value is -1.76. The molecule has 25 heavy (non-hydrogen) atoms. The van der Waals surface area contributed by atoms with Crippen LogP contribution in [0.3, 0.4) is 0 Å². The Labute approximate surface area is 150 Å². The monoisotopic (exact) mass is 348 g/mol. The highest BCUT2D eigenvalue weighted by Gasteiger charge is 2.58. The lowest BCUT2D eigenvalue weighted by Crippen LogP contribution is -2.71. The third-order valence-electron chi connectivity index (χ3n) is 5.74. The number of fused-ring (bicyclic) bond motifs is 1. The van der Waals surface area contributed by atoms with Crippen molar-refractivity contribution in [2.45, 2.75) is 45.4 Å². The number of aromatic nitrogens is 2. The third-order valence-corrected chi connectivity index (χ3v) is 5.74. The lowest BCUT2D eigenvalue weighted by Gasteiger charge is -2.60. The van der Waals surface area contributed by atoms with Gasteiger partial charge in [-0.15, -0.1) is 0 Å². The second-order valence-corrected chi connectivity index (χ2v) is 7.97. The molecule has 0 radical (unpaired) electrons. The molecule has 140 valence electrons. The molecule has 1 aliphatic carbocycles. The second kappa shape index (κ2) is 6.86. The van der Waals surface area contributed by atoms with E-state index >= 15 is 0 Å². The van der Waals surface area contributed by atoms with E-state index in [1.807, 2.05) is 39.3 Å². The Morgan fingerprint density at radius 1 is 1.48 bits per heavy atom. The van der Waals surface area contributed by atoms with Gasteiger partial charge in [-0.3, -0.25) is 4.99 Å². The lowest BCUT2D eigenvalue weighted by molar-refractivity contribution is -0.188. The van der Waals surface area contributed by atoms with Gasteiger partial charge < -0.3 is 24.8 Å². The summed E-state index contributed by atoms with van der Waals surface area (Å²) in [4.78, 5) is 10.9. The summed E-state index contributed by atoms with van der Waals surface area (Å²) in [5.74, 6) is 2.37.